The first kappa shape index (κ1) is 27.0. The van der Waals surface area contributed by atoms with Gasteiger partial charge in [-0.2, -0.15) is 0 Å². The fourth-order valence-corrected chi connectivity index (χ4v) is 2.30. The van der Waals surface area contributed by atoms with E-state index in [1.807, 2.05) is 0 Å². The van der Waals surface area contributed by atoms with Crippen LogP contribution in [0.25, 0.3) is 0 Å². The Morgan fingerprint density at radius 2 is 1.10 bits per heavy atom. The van der Waals surface area contributed by atoms with Crippen molar-refractivity contribution < 1.29 is 78.0 Å². The van der Waals surface area contributed by atoms with Gasteiger partial charge in [-0.3, -0.25) is 0 Å². The molecule has 0 bridgehead atoms. The Morgan fingerprint density at radius 3 is 1.45 bits per heavy atom. The Labute approximate surface area is 168 Å². The van der Waals surface area contributed by atoms with Gasteiger partial charge in [0.1, 0.15) is 0 Å². The molecule has 7 heteroatoms. The van der Waals surface area contributed by atoms with E-state index in [0.29, 0.717) is 6.42 Å². The van der Waals surface area contributed by atoms with Crippen LogP contribution in [0, 0.1) is 0 Å². The Bertz CT molecular complexity index is 224. The Balaban J connectivity index is -0.00000144. The van der Waals surface area contributed by atoms with Gasteiger partial charge in [0.15, 0.2) is 0 Å². The molecular formula is C13H27Na2O4P. The molecule has 0 aliphatic rings. The van der Waals surface area contributed by atoms with Crippen molar-refractivity contribution >= 4 is 7.82 Å². The van der Waals surface area contributed by atoms with E-state index in [0.717, 1.165) is 12.8 Å². The van der Waals surface area contributed by atoms with E-state index in [1.54, 1.807) is 0 Å². The minimum Gasteiger partial charge on any atom is -0.790 e. The normalized spacial score (nSPS) is 10.8. The van der Waals surface area contributed by atoms with Crippen molar-refractivity contribution in [1.29, 1.82) is 0 Å². The van der Waals surface area contributed by atoms with Gasteiger partial charge in [-0.1, -0.05) is 71.1 Å². The summed E-state index contributed by atoms with van der Waals surface area (Å²) in [6.45, 7) is 2.27. The fraction of sp³-hybridized carbons (Fsp3) is 1.00. The molecule has 0 aliphatic carbocycles. The van der Waals surface area contributed by atoms with Crippen molar-refractivity contribution in [1.82, 2.24) is 0 Å². The summed E-state index contributed by atoms with van der Waals surface area (Å²) in [7, 11) is -4.75. The van der Waals surface area contributed by atoms with Crippen molar-refractivity contribution in [2.75, 3.05) is 6.61 Å². The summed E-state index contributed by atoms with van der Waals surface area (Å²) in [5.74, 6) is 0. The summed E-state index contributed by atoms with van der Waals surface area (Å²) >= 11 is 0. The van der Waals surface area contributed by atoms with E-state index >= 15 is 0 Å². The maximum Gasteiger partial charge on any atom is 1.00 e. The zero-order valence-electron chi connectivity index (χ0n) is 13.6. The van der Waals surface area contributed by atoms with Crippen LogP contribution in [-0.4, -0.2) is 6.61 Å². The Morgan fingerprint density at radius 1 is 0.750 bits per heavy atom. The van der Waals surface area contributed by atoms with Gasteiger partial charge in [0.25, 0.3) is 0 Å². The molecule has 0 aromatic heterocycles. The van der Waals surface area contributed by atoms with Gasteiger partial charge >= 0.3 is 59.1 Å². The summed E-state index contributed by atoms with van der Waals surface area (Å²) in [6.07, 6.45) is 13.1. The van der Waals surface area contributed by atoms with Crippen molar-refractivity contribution in [2.24, 2.45) is 0 Å². The van der Waals surface area contributed by atoms with Crippen LogP contribution >= 0.6 is 7.82 Å². The predicted octanol–water partition coefficient (Wildman–Crippen LogP) is -2.85. The first-order valence-corrected chi connectivity index (χ1v) is 8.69. The van der Waals surface area contributed by atoms with Crippen LogP contribution in [-0.2, 0) is 9.09 Å². The average molecular weight is 324 g/mol. The molecule has 0 fully saturated rings. The molecular weight excluding hydrogens is 297 g/mol. The van der Waals surface area contributed by atoms with Gasteiger partial charge in [0, 0.05) is 0 Å². The molecule has 0 atom stereocenters. The summed E-state index contributed by atoms with van der Waals surface area (Å²) < 4.78 is 14.3. The molecule has 0 N–H and O–H groups in total. The number of hydrogen-bond acceptors (Lipinski definition) is 4. The molecule has 0 spiro atoms. The van der Waals surface area contributed by atoms with Gasteiger partial charge in [-0.15, -0.1) is 0 Å². The molecule has 0 heterocycles. The second kappa shape index (κ2) is 19.2. The van der Waals surface area contributed by atoms with Crippen LogP contribution < -0.4 is 68.9 Å². The molecule has 0 saturated carbocycles. The molecule has 0 amide bonds. The number of phosphoric ester groups is 1. The quantitative estimate of drug-likeness (QED) is 0.208. The topological polar surface area (TPSA) is 72.4 Å². The molecule has 0 aliphatic heterocycles. The van der Waals surface area contributed by atoms with Gasteiger partial charge in [0.05, 0.1) is 14.4 Å². The second-order valence-electron chi connectivity index (χ2n) is 4.82. The molecule has 4 nitrogen and oxygen atoms in total. The summed E-state index contributed by atoms with van der Waals surface area (Å²) in [4.78, 5) is 20.3. The SMILES string of the molecule is CCCCCCCCCCCCCOP(=O)([O-])[O-].[Na+].[Na+]. The van der Waals surface area contributed by atoms with E-state index in [4.69, 9.17) is 0 Å². The molecule has 0 unspecified atom stereocenters. The average Bonchev–Trinajstić information content (AvgIpc) is 2.29. The van der Waals surface area contributed by atoms with Crippen LogP contribution in [0.3, 0.4) is 0 Å². The third kappa shape index (κ3) is 25.1. The van der Waals surface area contributed by atoms with Crippen LogP contribution in [0.4, 0.5) is 0 Å². The summed E-state index contributed by atoms with van der Waals surface area (Å²) in [5.41, 5.74) is 0. The number of rotatable bonds is 13. The molecule has 0 rings (SSSR count). The van der Waals surface area contributed by atoms with E-state index in [1.165, 1.54) is 51.4 Å². The molecule has 110 valence electrons. The minimum atomic E-state index is -4.75. The molecule has 0 saturated heterocycles. The van der Waals surface area contributed by atoms with Crippen LogP contribution in [0.5, 0.6) is 0 Å². The van der Waals surface area contributed by atoms with Crippen molar-refractivity contribution in [3.05, 3.63) is 0 Å². The number of hydrogen-bond donors (Lipinski definition) is 0. The molecule has 0 radical (unpaired) electrons. The van der Waals surface area contributed by atoms with Crippen LogP contribution in [0.2, 0.25) is 0 Å². The predicted molar refractivity (Wildman–Crippen MR) is 70.0 cm³/mol. The molecule has 0 aromatic carbocycles. The monoisotopic (exact) mass is 324 g/mol. The summed E-state index contributed by atoms with van der Waals surface area (Å²) in [6, 6.07) is 0. The first-order chi connectivity index (χ1) is 8.56. The largest absolute Gasteiger partial charge is 1.00 e. The van der Waals surface area contributed by atoms with Gasteiger partial charge in [-0.05, 0) is 6.42 Å². The molecule has 20 heavy (non-hydrogen) atoms. The summed E-state index contributed by atoms with van der Waals surface area (Å²) in [5, 5.41) is 0. The standard InChI is InChI=1S/C13H29O4P.2Na/c1-2-3-4-5-6-7-8-9-10-11-12-13-17-18(14,15)16;;/h2-13H2,1H3,(H2,14,15,16);;/q;2*+1/p-2. The smallest absolute Gasteiger partial charge is 0.790 e. The van der Waals surface area contributed by atoms with Gasteiger partial charge in [0.2, 0.25) is 0 Å². The van der Waals surface area contributed by atoms with Crippen molar-refractivity contribution in [2.45, 2.75) is 77.6 Å². The molecule has 0 aromatic rings. The van der Waals surface area contributed by atoms with Gasteiger partial charge < -0.3 is 18.9 Å². The Hall–Kier alpha value is 2.11. The first-order valence-electron chi connectivity index (χ1n) is 7.23. The third-order valence-electron chi connectivity index (χ3n) is 3.00. The zero-order valence-corrected chi connectivity index (χ0v) is 18.5. The zero-order chi connectivity index (χ0) is 13.7. The van der Waals surface area contributed by atoms with E-state index in [9.17, 15) is 14.4 Å². The minimum absolute atomic E-state index is 0. The number of unbranched alkanes of at least 4 members (excludes halogenated alkanes) is 10. The maximum absolute atomic E-state index is 10.2. The van der Waals surface area contributed by atoms with Crippen LogP contribution in [0.15, 0.2) is 0 Å². The fourth-order valence-electron chi connectivity index (χ4n) is 1.94. The van der Waals surface area contributed by atoms with Gasteiger partial charge in [-0.25, -0.2) is 0 Å². The van der Waals surface area contributed by atoms with Crippen molar-refractivity contribution in [3.8, 4) is 0 Å². The third-order valence-corrected chi connectivity index (χ3v) is 3.50. The van der Waals surface area contributed by atoms with E-state index in [2.05, 4.69) is 11.4 Å². The van der Waals surface area contributed by atoms with E-state index < -0.39 is 7.82 Å². The second-order valence-corrected chi connectivity index (χ2v) is 5.97. The van der Waals surface area contributed by atoms with E-state index in [-0.39, 0.29) is 65.7 Å². The number of phosphoric acid groups is 1. The maximum atomic E-state index is 10.2. The van der Waals surface area contributed by atoms with Crippen LogP contribution in [0.1, 0.15) is 77.6 Å². The van der Waals surface area contributed by atoms with Crippen molar-refractivity contribution in [3.63, 3.8) is 0 Å². The Kier molecular flexibility index (Phi) is 25.8.